The molecule has 2 aliphatic heterocycles. The summed E-state index contributed by atoms with van der Waals surface area (Å²) >= 11 is 0. The van der Waals surface area contributed by atoms with E-state index in [1.807, 2.05) is 4.90 Å². The van der Waals surface area contributed by atoms with E-state index in [-0.39, 0.29) is 11.8 Å². The molecule has 2 atom stereocenters. The van der Waals surface area contributed by atoms with Crippen LogP contribution in [0.4, 0.5) is 0 Å². The average Bonchev–Trinajstić information content (AvgIpc) is 2.38. The van der Waals surface area contributed by atoms with Gasteiger partial charge in [-0.05, 0) is 39.0 Å². The minimum absolute atomic E-state index is 0.149. The number of sulfonamides is 1. The second-order valence-electron chi connectivity index (χ2n) is 5.84. The lowest BCUT2D eigenvalue weighted by Gasteiger charge is -2.38. The van der Waals surface area contributed by atoms with Gasteiger partial charge in [0.25, 0.3) is 0 Å². The molecule has 0 saturated carbocycles. The minimum Gasteiger partial charge on any atom is -0.340 e. The van der Waals surface area contributed by atoms with Crippen molar-refractivity contribution in [2.24, 2.45) is 5.92 Å². The molecule has 2 aliphatic rings. The Morgan fingerprint density at radius 2 is 1.84 bits per heavy atom. The van der Waals surface area contributed by atoms with Crippen LogP contribution in [0.15, 0.2) is 0 Å². The summed E-state index contributed by atoms with van der Waals surface area (Å²) in [6.07, 6.45) is 6.14. The van der Waals surface area contributed by atoms with Gasteiger partial charge in [0.15, 0.2) is 0 Å². The molecule has 0 N–H and O–H groups in total. The summed E-state index contributed by atoms with van der Waals surface area (Å²) in [5, 5.41) is 0. The zero-order chi connectivity index (χ0) is 14.0. The Morgan fingerprint density at radius 1 is 1.11 bits per heavy atom. The highest BCUT2D eigenvalue weighted by Crippen LogP contribution is 2.24. The Hall–Kier alpha value is -0.620. The van der Waals surface area contributed by atoms with Crippen molar-refractivity contribution in [3.05, 3.63) is 0 Å². The van der Waals surface area contributed by atoms with Crippen molar-refractivity contribution in [1.29, 1.82) is 0 Å². The van der Waals surface area contributed by atoms with Crippen LogP contribution in [0.2, 0.25) is 0 Å². The molecule has 2 saturated heterocycles. The molecule has 2 fully saturated rings. The second kappa shape index (κ2) is 5.79. The lowest BCUT2D eigenvalue weighted by atomic mass is 9.95. The first kappa shape index (κ1) is 14.8. The zero-order valence-electron chi connectivity index (χ0n) is 11.8. The monoisotopic (exact) mass is 288 g/mol. The average molecular weight is 288 g/mol. The predicted octanol–water partition coefficient (Wildman–Crippen LogP) is 1.06. The Labute approximate surface area is 116 Å². The molecule has 0 aliphatic carbocycles. The standard InChI is InChI=1S/C13H24N2O3S/c1-11-6-3-4-9-15(11)13(16)12-7-5-8-14(10-12)19(2,17)18/h11-12H,3-10H2,1-2H3. The third-order valence-electron chi connectivity index (χ3n) is 4.29. The number of nitrogens with zero attached hydrogens (tertiary/aromatic N) is 2. The van der Waals surface area contributed by atoms with E-state index >= 15 is 0 Å². The van der Waals surface area contributed by atoms with E-state index in [1.54, 1.807) is 0 Å². The fourth-order valence-electron chi connectivity index (χ4n) is 3.11. The van der Waals surface area contributed by atoms with Gasteiger partial charge in [0.05, 0.1) is 12.2 Å². The van der Waals surface area contributed by atoms with Crippen LogP contribution in [0.5, 0.6) is 0 Å². The lowest BCUT2D eigenvalue weighted by Crippen LogP contribution is -2.50. The number of carbonyl (C=O) groups excluding carboxylic acids is 1. The molecule has 2 heterocycles. The molecule has 19 heavy (non-hydrogen) atoms. The fourth-order valence-corrected chi connectivity index (χ4v) is 4.02. The van der Waals surface area contributed by atoms with Crippen molar-refractivity contribution >= 4 is 15.9 Å². The van der Waals surface area contributed by atoms with E-state index in [2.05, 4.69) is 6.92 Å². The van der Waals surface area contributed by atoms with E-state index < -0.39 is 10.0 Å². The van der Waals surface area contributed by atoms with Gasteiger partial charge in [-0.2, -0.15) is 0 Å². The second-order valence-corrected chi connectivity index (χ2v) is 7.82. The van der Waals surface area contributed by atoms with Crippen molar-refractivity contribution in [3.8, 4) is 0 Å². The highest BCUT2D eigenvalue weighted by molar-refractivity contribution is 7.88. The summed E-state index contributed by atoms with van der Waals surface area (Å²) in [4.78, 5) is 14.5. The summed E-state index contributed by atoms with van der Waals surface area (Å²) in [5.74, 6) is 0.00424. The van der Waals surface area contributed by atoms with Crippen LogP contribution >= 0.6 is 0 Å². The van der Waals surface area contributed by atoms with Crippen LogP contribution < -0.4 is 0 Å². The molecule has 2 unspecified atom stereocenters. The molecule has 0 aromatic rings. The Bertz CT molecular complexity index is 435. The molecule has 0 aromatic carbocycles. The van der Waals surface area contributed by atoms with Gasteiger partial charge in [0, 0.05) is 25.7 Å². The zero-order valence-corrected chi connectivity index (χ0v) is 12.7. The molecule has 0 aromatic heterocycles. The quantitative estimate of drug-likeness (QED) is 0.763. The SMILES string of the molecule is CC1CCCCN1C(=O)C1CCCN(S(C)(=O)=O)C1. The molecule has 5 nitrogen and oxygen atoms in total. The summed E-state index contributed by atoms with van der Waals surface area (Å²) < 4.78 is 24.6. The Kier molecular flexibility index (Phi) is 4.50. The van der Waals surface area contributed by atoms with E-state index in [4.69, 9.17) is 0 Å². The maximum atomic E-state index is 12.5. The van der Waals surface area contributed by atoms with Gasteiger partial charge < -0.3 is 4.90 Å². The first-order valence-electron chi connectivity index (χ1n) is 7.15. The number of carbonyl (C=O) groups is 1. The molecule has 0 radical (unpaired) electrons. The Morgan fingerprint density at radius 3 is 2.47 bits per heavy atom. The molecule has 6 heteroatoms. The van der Waals surface area contributed by atoms with Crippen molar-refractivity contribution in [2.75, 3.05) is 25.9 Å². The van der Waals surface area contributed by atoms with Gasteiger partial charge in [0.2, 0.25) is 15.9 Å². The maximum absolute atomic E-state index is 12.5. The molecular weight excluding hydrogens is 264 g/mol. The fraction of sp³-hybridized carbons (Fsp3) is 0.923. The highest BCUT2D eigenvalue weighted by Gasteiger charge is 2.34. The van der Waals surface area contributed by atoms with Crippen LogP contribution in [-0.2, 0) is 14.8 Å². The van der Waals surface area contributed by atoms with Crippen LogP contribution in [0.1, 0.15) is 39.0 Å². The van der Waals surface area contributed by atoms with Gasteiger partial charge in [0.1, 0.15) is 0 Å². The van der Waals surface area contributed by atoms with E-state index in [0.717, 1.165) is 32.2 Å². The van der Waals surface area contributed by atoms with Gasteiger partial charge in [-0.15, -0.1) is 0 Å². The summed E-state index contributed by atoms with van der Waals surface area (Å²) in [7, 11) is -3.17. The van der Waals surface area contributed by atoms with Gasteiger partial charge in [-0.25, -0.2) is 12.7 Å². The summed E-state index contributed by atoms with van der Waals surface area (Å²) in [6, 6.07) is 0.301. The lowest BCUT2D eigenvalue weighted by molar-refractivity contribution is -0.140. The molecular formula is C13H24N2O3S. The first-order chi connectivity index (χ1) is 8.89. The van der Waals surface area contributed by atoms with Crippen molar-refractivity contribution in [1.82, 2.24) is 9.21 Å². The minimum atomic E-state index is -3.17. The van der Waals surface area contributed by atoms with Crippen molar-refractivity contribution in [3.63, 3.8) is 0 Å². The maximum Gasteiger partial charge on any atom is 0.227 e. The highest BCUT2D eigenvalue weighted by atomic mass is 32.2. The number of likely N-dealkylation sites (tertiary alicyclic amines) is 1. The summed E-state index contributed by atoms with van der Waals surface area (Å²) in [5.41, 5.74) is 0. The number of hydrogen-bond donors (Lipinski definition) is 0. The summed E-state index contributed by atoms with van der Waals surface area (Å²) in [6.45, 7) is 3.84. The molecule has 0 spiro atoms. The predicted molar refractivity (Wildman–Crippen MR) is 74.2 cm³/mol. The van der Waals surface area contributed by atoms with Crippen LogP contribution in [0.3, 0.4) is 0 Å². The topological polar surface area (TPSA) is 57.7 Å². The largest absolute Gasteiger partial charge is 0.340 e. The van der Waals surface area contributed by atoms with Crippen LogP contribution in [0.25, 0.3) is 0 Å². The third kappa shape index (κ3) is 3.48. The number of amides is 1. The first-order valence-corrected chi connectivity index (χ1v) is 9.00. The number of piperidine rings is 2. The smallest absolute Gasteiger partial charge is 0.227 e. The van der Waals surface area contributed by atoms with E-state index in [0.29, 0.717) is 19.1 Å². The molecule has 1 amide bonds. The van der Waals surface area contributed by atoms with E-state index in [9.17, 15) is 13.2 Å². The molecule has 2 rings (SSSR count). The van der Waals surface area contributed by atoms with Gasteiger partial charge in [-0.3, -0.25) is 4.79 Å². The molecule has 0 bridgehead atoms. The van der Waals surface area contributed by atoms with Gasteiger partial charge >= 0.3 is 0 Å². The third-order valence-corrected chi connectivity index (χ3v) is 5.56. The normalized spacial score (nSPS) is 30.3. The van der Waals surface area contributed by atoms with Gasteiger partial charge in [-0.1, -0.05) is 0 Å². The number of rotatable bonds is 2. The van der Waals surface area contributed by atoms with E-state index in [1.165, 1.54) is 17.0 Å². The molecule has 110 valence electrons. The van der Waals surface area contributed by atoms with Crippen LogP contribution in [-0.4, -0.2) is 55.5 Å². The van der Waals surface area contributed by atoms with Crippen molar-refractivity contribution < 1.29 is 13.2 Å². The number of hydrogen-bond acceptors (Lipinski definition) is 3. The Balaban J connectivity index is 2.02. The van der Waals surface area contributed by atoms with Crippen LogP contribution in [0, 0.1) is 5.92 Å². The van der Waals surface area contributed by atoms with Crippen molar-refractivity contribution in [2.45, 2.75) is 45.1 Å².